The Kier molecular flexibility index (Phi) is 2.34. The second kappa shape index (κ2) is 3.65. The van der Waals surface area contributed by atoms with Crippen molar-refractivity contribution in [3.05, 3.63) is 48.0 Å². The van der Waals surface area contributed by atoms with Crippen molar-refractivity contribution in [2.75, 3.05) is 11.5 Å². The van der Waals surface area contributed by atoms with Gasteiger partial charge in [-0.2, -0.15) is 0 Å². The average molecular weight is 198 g/mol. The first-order valence-electron chi connectivity index (χ1n) is 4.89. The van der Waals surface area contributed by atoms with Gasteiger partial charge in [-0.25, -0.2) is 0 Å². The van der Waals surface area contributed by atoms with E-state index in [4.69, 9.17) is 11.5 Å². The summed E-state index contributed by atoms with van der Waals surface area (Å²) in [5, 5.41) is 0. The molecule has 2 aromatic rings. The van der Waals surface area contributed by atoms with Gasteiger partial charge in [0.1, 0.15) is 0 Å². The summed E-state index contributed by atoms with van der Waals surface area (Å²) in [5.74, 6) is 0. The van der Waals surface area contributed by atoms with E-state index in [9.17, 15) is 0 Å². The summed E-state index contributed by atoms with van der Waals surface area (Å²) in [6, 6.07) is 14.0. The molecular weight excluding hydrogens is 184 g/mol. The Balaban J connectivity index is 2.56. The van der Waals surface area contributed by atoms with E-state index in [0.29, 0.717) is 0 Å². The lowest BCUT2D eigenvalue weighted by Crippen LogP contribution is -1.96. The Labute approximate surface area is 89.5 Å². The second-order valence-electron chi connectivity index (χ2n) is 3.65. The van der Waals surface area contributed by atoms with Crippen LogP contribution in [0.3, 0.4) is 0 Å². The SMILES string of the molecule is Cc1c(N)cc(-c2ccccc2)cc1N. The third-order valence-electron chi connectivity index (χ3n) is 2.60. The van der Waals surface area contributed by atoms with Crippen LogP contribution in [-0.4, -0.2) is 0 Å². The largest absolute Gasteiger partial charge is 0.398 e. The number of benzene rings is 2. The van der Waals surface area contributed by atoms with Gasteiger partial charge in [-0.15, -0.1) is 0 Å². The molecule has 0 aromatic heterocycles. The van der Waals surface area contributed by atoms with Crippen molar-refractivity contribution in [2.24, 2.45) is 0 Å². The Morgan fingerprint density at radius 2 is 1.33 bits per heavy atom. The zero-order valence-corrected chi connectivity index (χ0v) is 8.70. The van der Waals surface area contributed by atoms with E-state index in [1.165, 1.54) is 0 Å². The molecule has 0 saturated carbocycles. The van der Waals surface area contributed by atoms with Gasteiger partial charge in [0.2, 0.25) is 0 Å². The normalized spacial score (nSPS) is 10.2. The van der Waals surface area contributed by atoms with Crippen LogP contribution in [0.1, 0.15) is 5.56 Å². The maximum absolute atomic E-state index is 5.88. The molecule has 0 amide bonds. The quantitative estimate of drug-likeness (QED) is 0.692. The first-order chi connectivity index (χ1) is 7.18. The van der Waals surface area contributed by atoms with E-state index in [0.717, 1.165) is 28.1 Å². The number of rotatable bonds is 1. The lowest BCUT2D eigenvalue weighted by atomic mass is 10.0. The number of hydrogen-bond acceptors (Lipinski definition) is 2. The van der Waals surface area contributed by atoms with E-state index >= 15 is 0 Å². The first kappa shape index (κ1) is 9.59. The molecule has 2 rings (SSSR count). The molecular formula is C13H14N2. The van der Waals surface area contributed by atoms with E-state index in [-0.39, 0.29) is 0 Å². The van der Waals surface area contributed by atoms with Gasteiger partial charge in [0.25, 0.3) is 0 Å². The van der Waals surface area contributed by atoms with Crippen LogP contribution in [0.4, 0.5) is 11.4 Å². The number of anilines is 2. The van der Waals surface area contributed by atoms with Crippen LogP contribution in [0, 0.1) is 6.92 Å². The minimum atomic E-state index is 0.744. The Hall–Kier alpha value is -1.96. The van der Waals surface area contributed by atoms with Crippen molar-refractivity contribution in [3.8, 4) is 11.1 Å². The zero-order chi connectivity index (χ0) is 10.8. The van der Waals surface area contributed by atoms with Crippen LogP contribution in [0.2, 0.25) is 0 Å². The van der Waals surface area contributed by atoms with Gasteiger partial charge >= 0.3 is 0 Å². The summed E-state index contributed by atoms with van der Waals surface area (Å²) < 4.78 is 0. The van der Waals surface area contributed by atoms with E-state index in [2.05, 4.69) is 0 Å². The summed E-state index contributed by atoms with van der Waals surface area (Å²) in [6.07, 6.45) is 0. The molecule has 0 unspecified atom stereocenters. The van der Waals surface area contributed by atoms with Crippen molar-refractivity contribution in [2.45, 2.75) is 6.92 Å². The van der Waals surface area contributed by atoms with Gasteiger partial charge in [-0.3, -0.25) is 0 Å². The fourth-order valence-electron chi connectivity index (χ4n) is 1.56. The average Bonchev–Trinajstić information content (AvgIpc) is 2.26. The third kappa shape index (κ3) is 1.79. The minimum absolute atomic E-state index is 0.744. The Morgan fingerprint density at radius 3 is 1.87 bits per heavy atom. The van der Waals surface area contributed by atoms with Gasteiger partial charge in [0, 0.05) is 11.4 Å². The van der Waals surface area contributed by atoms with Crippen LogP contribution in [0.5, 0.6) is 0 Å². The van der Waals surface area contributed by atoms with Gasteiger partial charge in [0.15, 0.2) is 0 Å². The molecule has 4 N–H and O–H groups in total. The van der Waals surface area contributed by atoms with Crippen LogP contribution < -0.4 is 11.5 Å². The van der Waals surface area contributed by atoms with Crippen LogP contribution in [0.25, 0.3) is 11.1 Å². The summed E-state index contributed by atoms with van der Waals surface area (Å²) in [4.78, 5) is 0. The predicted octanol–water partition coefficient (Wildman–Crippen LogP) is 2.83. The van der Waals surface area contributed by atoms with Crippen molar-refractivity contribution in [3.63, 3.8) is 0 Å². The molecule has 0 heterocycles. The number of nitrogen functional groups attached to an aromatic ring is 2. The molecule has 0 atom stereocenters. The highest BCUT2D eigenvalue weighted by Crippen LogP contribution is 2.27. The van der Waals surface area contributed by atoms with Gasteiger partial charge in [0.05, 0.1) is 0 Å². The van der Waals surface area contributed by atoms with Crippen molar-refractivity contribution in [1.29, 1.82) is 0 Å². The lowest BCUT2D eigenvalue weighted by Gasteiger charge is -2.08. The highest BCUT2D eigenvalue weighted by atomic mass is 14.6. The second-order valence-corrected chi connectivity index (χ2v) is 3.65. The first-order valence-corrected chi connectivity index (χ1v) is 4.89. The topological polar surface area (TPSA) is 52.0 Å². The Morgan fingerprint density at radius 1 is 0.800 bits per heavy atom. The molecule has 0 radical (unpaired) electrons. The van der Waals surface area contributed by atoms with Gasteiger partial charge in [-0.05, 0) is 35.7 Å². The summed E-state index contributed by atoms with van der Waals surface area (Å²) in [5.41, 5.74) is 16.4. The number of nitrogens with two attached hydrogens (primary N) is 2. The highest BCUT2D eigenvalue weighted by Gasteiger charge is 2.03. The van der Waals surface area contributed by atoms with Gasteiger partial charge in [-0.1, -0.05) is 30.3 Å². The van der Waals surface area contributed by atoms with E-state index in [1.807, 2.05) is 49.4 Å². The van der Waals surface area contributed by atoms with E-state index < -0.39 is 0 Å². The molecule has 0 spiro atoms. The Bertz CT molecular complexity index is 452. The van der Waals surface area contributed by atoms with E-state index in [1.54, 1.807) is 0 Å². The fraction of sp³-hybridized carbons (Fsp3) is 0.0769. The van der Waals surface area contributed by atoms with Gasteiger partial charge < -0.3 is 11.5 Å². The molecule has 0 saturated heterocycles. The monoisotopic (exact) mass is 198 g/mol. The number of hydrogen-bond donors (Lipinski definition) is 2. The lowest BCUT2D eigenvalue weighted by molar-refractivity contribution is 1.46. The maximum atomic E-state index is 5.88. The summed E-state index contributed by atoms with van der Waals surface area (Å²) >= 11 is 0. The smallest absolute Gasteiger partial charge is 0.0370 e. The van der Waals surface area contributed by atoms with Crippen molar-refractivity contribution >= 4 is 11.4 Å². The maximum Gasteiger partial charge on any atom is 0.0370 e. The molecule has 2 aromatic carbocycles. The molecule has 0 aliphatic rings. The minimum Gasteiger partial charge on any atom is -0.398 e. The fourth-order valence-corrected chi connectivity index (χ4v) is 1.56. The predicted molar refractivity (Wildman–Crippen MR) is 65.4 cm³/mol. The van der Waals surface area contributed by atoms with Crippen molar-refractivity contribution in [1.82, 2.24) is 0 Å². The standard InChI is InChI=1S/C13H14N2/c1-9-12(14)7-11(8-13(9)15)10-5-3-2-4-6-10/h2-8H,14-15H2,1H3. The summed E-state index contributed by atoms with van der Waals surface area (Å²) in [7, 11) is 0. The highest BCUT2D eigenvalue weighted by molar-refractivity contribution is 5.75. The van der Waals surface area contributed by atoms with Crippen LogP contribution in [-0.2, 0) is 0 Å². The van der Waals surface area contributed by atoms with Crippen LogP contribution in [0.15, 0.2) is 42.5 Å². The molecule has 76 valence electrons. The molecule has 2 nitrogen and oxygen atoms in total. The molecule has 0 aliphatic heterocycles. The molecule has 0 bridgehead atoms. The molecule has 15 heavy (non-hydrogen) atoms. The zero-order valence-electron chi connectivity index (χ0n) is 8.70. The molecule has 0 aliphatic carbocycles. The molecule has 0 fully saturated rings. The third-order valence-corrected chi connectivity index (χ3v) is 2.60. The molecule has 2 heteroatoms. The van der Waals surface area contributed by atoms with Crippen LogP contribution >= 0.6 is 0 Å². The van der Waals surface area contributed by atoms with Crippen molar-refractivity contribution < 1.29 is 0 Å². The summed E-state index contributed by atoms with van der Waals surface area (Å²) in [6.45, 7) is 1.93.